The smallest absolute Gasteiger partial charge is 0.266 e. The maximum absolute atomic E-state index is 13.4. The average Bonchev–Trinajstić information content (AvgIpc) is 3.10. The fraction of sp³-hybridized carbons (Fsp3) is 0.913. The highest BCUT2D eigenvalue weighted by Gasteiger charge is 2.59. The summed E-state index contributed by atoms with van der Waals surface area (Å²) in [6, 6.07) is 0. The quantitative estimate of drug-likeness (QED) is 0.249. The van der Waals surface area contributed by atoms with Crippen LogP contribution >= 0.6 is 0 Å². The molecular weight excluding hydrogens is 402 g/mol. The summed E-state index contributed by atoms with van der Waals surface area (Å²) in [6.45, 7) is 4.08. The molecule has 0 radical (unpaired) electrons. The van der Waals surface area contributed by atoms with Crippen molar-refractivity contribution in [3.05, 3.63) is 0 Å². The highest BCUT2D eigenvalue weighted by Crippen LogP contribution is 2.64. The topological polar surface area (TPSA) is 97.9 Å². The van der Waals surface area contributed by atoms with E-state index < -0.39 is 12.0 Å². The highest BCUT2D eigenvalue weighted by atomic mass is 19.3. The van der Waals surface area contributed by atoms with Gasteiger partial charge in [0.05, 0.1) is 6.54 Å². The fourth-order valence-corrected chi connectivity index (χ4v) is 8.02. The number of nitrogens with zero attached hydrogens (tertiary/aromatic N) is 2. The van der Waals surface area contributed by atoms with Crippen LogP contribution in [0.15, 0.2) is 10.2 Å². The molecule has 0 spiro atoms. The Morgan fingerprint density at radius 3 is 2.58 bits per heavy atom. The van der Waals surface area contributed by atoms with E-state index >= 15 is 0 Å². The van der Waals surface area contributed by atoms with Gasteiger partial charge in [-0.2, -0.15) is 5.10 Å². The molecule has 0 bridgehead atoms. The Morgan fingerprint density at radius 1 is 1.13 bits per heavy atom. The van der Waals surface area contributed by atoms with Crippen LogP contribution in [0.5, 0.6) is 0 Å². The lowest BCUT2D eigenvalue weighted by molar-refractivity contribution is -0.160. The van der Waals surface area contributed by atoms with Crippen LogP contribution in [0, 0.1) is 46.5 Å². The van der Waals surface area contributed by atoms with Gasteiger partial charge in [0.2, 0.25) is 0 Å². The van der Waals surface area contributed by atoms with Gasteiger partial charge >= 0.3 is 0 Å². The minimum Gasteiger partial charge on any atom is -0.384 e. The van der Waals surface area contributed by atoms with Gasteiger partial charge in [0, 0.05) is 5.92 Å². The predicted molar refractivity (Wildman–Crippen MR) is 113 cm³/mol. The van der Waals surface area contributed by atoms with E-state index in [0.29, 0.717) is 35.9 Å². The number of carbonyl (C=O) groups excluding carboxylic acids is 1. The van der Waals surface area contributed by atoms with Gasteiger partial charge in [-0.05, 0) is 99.7 Å². The lowest BCUT2D eigenvalue weighted by atomic mass is 9.49. The summed E-state index contributed by atoms with van der Waals surface area (Å²) in [7, 11) is 0. The number of carbonyl (C=O) groups is 1. The number of hydrogen-bond donors (Lipinski definition) is 3. The van der Waals surface area contributed by atoms with Crippen LogP contribution in [0.1, 0.15) is 71.6 Å². The molecule has 0 aliphatic heterocycles. The van der Waals surface area contributed by atoms with Crippen molar-refractivity contribution in [2.45, 2.75) is 83.7 Å². The summed E-state index contributed by atoms with van der Waals surface area (Å²) in [6.07, 6.45) is 4.55. The average molecular weight is 439 g/mol. The molecule has 8 heteroatoms. The van der Waals surface area contributed by atoms with Crippen LogP contribution in [0.3, 0.4) is 0 Å². The molecule has 0 aromatic rings. The Morgan fingerprint density at radius 2 is 1.87 bits per heavy atom. The monoisotopic (exact) mass is 438 g/mol. The Hall–Kier alpha value is -1.44. The predicted octanol–water partition coefficient (Wildman–Crippen LogP) is 4.77. The van der Waals surface area contributed by atoms with E-state index in [2.05, 4.69) is 22.6 Å². The Balaban J connectivity index is 1.43. The molecule has 0 heterocycles. The van der Waals surface area contributed by atoms with E-state index in [-0.39, 0.29) is 42.4 Å². The maximum atomic E-state index is 13.4. The number of hydrazone groups is 1. The highest BCUT2D eigenvalue weighted by molar-refractivity contribution is 5.84. The van der Waals surface area contributed by atoms with Crippen LogP contribution in [0.2, 0.25) is 0 Å². The van der Waals surface area contributed by atoms with Crippen molar-refractivity contribution in [3.8, 4) is 0 Å². The SMILES string of the molecule is C/C(N=N)=N/NCC(=O)[C@H]1CC[C@H]2[C@@H]3CC[C@@H]4C[C@@](O)(C(F)F)CC[C@@H]4[C@H]3CC[C@]12C. The molecule has 3 N–H and O–H groups in total. The van der Waals surface area contributed by atoms with Crippen molar-refractivity contribution in [2.24, 2.45) is 51.1 Å². The largest absolute Gasteiger partial charge is 0.384 e. The van der Waals surface area contributed by atoms with E-state index in [4.69, 9.17) is 5.53 Å². The molecule has 0 unspecified atom stereocenters. The summed E-state index contributed by atoms with van der Waals surface area (Å²) in [5, 5.41) is 17.5. The zero-order valence-corrected chi connectivity index (χ0v) is 18.6. The van der Waals surface area contributed by atoms with Gasteiger partial charge in [0.1, 0.15) is 5.60 Å². The van der Waals surface area contributed by atoms with Gasteiger partial charge in [-0.25, -0.2) is 14.3 Å². The van der Waals surface area contributed by atoms with E-state index in [1.165, 1.54) is 0 Å². The van der Waals surface area contributed by atoms with Crippen LogP contribution in [-0.2, 0) is 4.79 Å². The summed E-state index contributed by atoms with van der Waals surface area (Å²) in [4.78, 5) is 13.0. The molecule has 6 nitrogen and oxygen atoms in total. The third-order valence-electron chi connectivity index (χ3n) is 9.50. The number of Topliss-reactive ketones (excluding diaryl/α,β-unsaturated/α-hetero) is 1. The first-order valence-corrected chi connectivity index (χ1v) is 11.9. The fourth-order valence-electron chi connectivity index (χ4n) is 8.02. The van der Waals surface area contributed by atoms with E-state index in [9.17, 15) is 18.7 Å². The van der Waals surface area contributed by atoms with Gasteiger partial charge in [-0.3, -0.25) is 4.79 Å². The number of ketones is 1. The molecule has 0 amide bonds. The molecule has 4 saturated carbocycles. The van der Waals surface area contributed by atoms with Crippen LogP contribution in [0.4, 0.5) is 8.78 Å². The van der Waals surface area contributed by atoms with Crippen LogP contribution < -0.4 is 5.43 Å². The van der Waals surface area contributed by atoms with Gasteiger partial charge in [-0.15, -0.1) is 5.11 Å². The summed E-state index contributed by atoms with van der Waals surface area (Å²) >= 11 is 0. The second-order valence-corrected chi connectivity index (χ2v) is 10.8. The van der Waals surface area contributed by atoms with Crippen molar-refractivity contribution in [1.29, 1.82) is 5.53 Å². The zero-order chi connectivity index (χ0) is 22.4. The van der Waals surface area contributed by atoms with E-state index in [0.717, 1.165) is 38.5 Å². The number of hydrogen-bond acceptors (Lipinski definition) is 5. The first kappa shape index (κ1) is 22.7. The number of aliphatic hydroxyl groups is 1. The molecule has 31 heavy (non-hydrogen) atoms. The van der Waals surface area contributed by atoms with Crippen molar-refractivity contribution in [3.63, 3.8) is 0 Å². The first-order valence-electron chi connectivity index (χ1n) is 11.9. The molecule has 0 saturated heterocycles. The van der Waals surface area contributed by atoms with Crippen LogP contribution in [-0.4, -0.2) is 35.3 Å². The number of halogens is 2. The lowest BCUT2D eigenvalue weighted by Crippen LogP contribution is -2.53. The number of alkyl halides is 2. The first-order chi connectivity index (χ1) is 14.7. The van der Waals surface area contributed by atoms with E-state index in [1.54, 1.807) is 6.92 Å². The molecule has 8 atom stereocenters. The van der Waals surface area contributed by atoms with E-state index in [1.807, 2.05) is 0 Å². The number of nitrogens with one attached hydrogen (secondary N) is 2. The Bertz CT molecular complexity index is 747. The molecule has 0 aromatic carbocycles. The number of amidine groups is 1. The standard InChI is InChI=1S/C23H36F2N4O2/c1-13(28-26)29-27-12-20(30)19-6-5-18-17-4-3-14-11-23(31,21(24)25)10-8-15(14)16(17)7-9-22(18,19)2/h14-19,21,26-27,31H,3-12H2,1-2H3/b28-26?,29-13-/t14-,15+,16-,17-,18+,19-,22+,23-/m1/s1. The number of rotatable bonds is 5. The van der Waals surface area contributed by atoms with Crippen molar-refractivity contribution >= 4 is 11.6 Å². The normalized spacial score (nSPS) is 44.9. The summed E-state index contributed by atoms with van der Waals surface area (Å²) < 4.78 is 26.8. The third-order valence-corrected chi connectivity index (χ3v) is 9.50. The molecule has 4 rings (SSSR count). The zero-order valence-electron chi connectivity index (χ0n) is 18.6. The van der Waals surface area contributed by atoms with Crippen LogP contribution in [0.25, 0.3) is 0 Å². The lowest BCUT2D eigenvalue weighted by Gasteiger charge is -2.57. The molecule has 4 aliphatic carbocycles. The second-order valence-electron chi connectivity index (χ2n) is 10.8. The Kier molecular flexibility index (Phi) is 6.23. The van der Waals surface area contributed by atoms with Crippen molar-refractivity contribution < 1.29 is 18.7 Å². The molecule has 4 aliphatic rings. The van der Waals surface area contributed by atoms with Gasteiger partial charge in [0.25, 0.3) is 6.43 Å². The molecule has 174 valence electrons. The van der Waals surface area contributed by atoms with Gasteiger partial charge in [0.15, 0.2) is 11.6 Å². The Labute approximate surface area is 183 Å². The summed E-state index contributed by atoms with van der Waals surface area (Å²) in [5.74, 6) is 2.83. The minimum atomic E-state index is -2.65. The van der Waals surface area contributed by atoms with Gasteiger partial charge in [-0.1, -0.05) is 6.92 Å². The summed E-state index contributed by atoms with van der Waals surface area (Å²) in [5.41, 5.74) is 7.92. The number of fused-ring (bicyclic) bond motifs is 5. The molecule has 0 aromatic heterocycles. The molecular formula is C23H36F2N4O2. The maximum Gasteiger partial charge on any atom is 0.266 e. The van der Waals surface area contributed by atoms with Crippen molar-refractivity contribution in [2.75, 3.05) is 6.54 Å². The third kappa shape index (κ3) is 3.93. The molecule has 4 fully saturated rings. The van der Waals surface area contributed by atoms with Gasteiger partial charge < -0.3 is 10.5 Å². The second kappa shape index (κ2) is 8.49. The minimum absolute atomic E-state index is 0.00367. The van der Waals surface area contributed by atoms with Crippen molar-refractivity contribution in [1.82, 2.24) is 5.43 Å².